The molecule has 1 saturated heterocycles. The maximum atomic E-state index is 13.7. The number of carbonyl (C=O) groups is 1. The van der Waals surface area contributed by atoms with E-state index < -0.39 is 17.2 Å². The van der Waals surface area contributed by atoms with Crippen LogP contribution in [0.2, 0.25) is 0 Å². The summed E-state index contributed by atoms with van der Waals surface area (Å²) in [5, 5.41) is 2.99. The molecule has 1 aliphatic heterocycles. The van der Waals surface area contributed by atoms with Crippen LogP contribution in [0, 0.1) is 5.82 Å². The topological polar surface area (TPSA) is 68.4 Å². The van der Waals surface area contributed by atoms with Crippen molar-refractivity contribution in [1.29, 1.82) is 0 Å². The summed E-state index contributed by atoms with van der Waals surface area (Å²) < 4.78 is 13.7. The molecule has 1 aromatic carbocycles. The minimum Gasteiger partial charge on any atom is -0.358 e. The van der Waals surface area contributed by atoms with Crippen LogP contribution < -0.4 is 10.7 Å². The number of piperazine rings is 1. The van der Waals surface area contributed by atoms with E-state index >= 15 is 0 Å². The number of aromatic nitrogens is 1. The molecule has 0 spiro atoms. The van der Waals surface area contributed by atoms with E-state index in [1.165, 1.54) is 24.4 Å². The number of nitrogens with one attached hydrogen (secondary N) is 2. The molecule has 2 heterocycles. The Kier molecular flexibility index (Phi) is 5.68. The molecular weight excluding hydrogens is 335 g/mol. The highest BCUT2D eigenvalue weighted by Crippen LogP contribution is 2.12. The van der Waals surface area contributed by atoms with E-state index in [2.05, 4.69) is 34.1 Å². The Morgan fingerprint density at radius 2 is 2.04 bits per heavy atom. The lowest BCUT2D eigenvalue weighted by molar-refractivity contribution is 0.0934. The van der Waals surface area contributed by atoms with Crippen LogP contribution in [0.15, 0.2) is 29.2 Å². The highest BCUT2D eigenvalue weighted by molar-refractivity contribution is 5.97. The van der Waals surface area contributed by atoms with E-state index in [9.17, 15) is 14.0 Å². The SMILES string of the molecule is C[C@H](CCNC(=O)c1c[nH]c2c(F)cccc2c1=O)N1CCN(C)CC1. The molecule has 1 fully saturated rings. The highest BCUT2D eigenvalue weighted by atomic mass is 19.1. The molecule has 7 heteroatoms. The third-order valence-corrected chi connectivity index (χ3v) is 5.12. The summed E-state index contributed by atoms with van der Waals surface area (Å²) in [7, 11) is 2.12. The third kappa shape index (κ3) is 3.94. The van der Waals surface area contributed by atoms with Gasteiger partial charge in [0.25, 0.3) is 5.91 Å². The van der Waals surface area contributed by atoms with Crippen molar-refractivity contribution in [3.05, 3.63) is 46.0 Å². The molecule has 1 amide bonds. The van der Waals surface area contributed by atoms with Gasteiger partial charge in [0.2, 0.25) is 5.43 Å². The third-order valence-electron chi connectivity index (χ3n) is 5.12. The Bertz CT molecular complexity index is 843. The molecule has 6 nitrogen and oxygen atoms in total. The Morgan fingerprint density at radius 3 is 2.77 bits per heavy atom. The molecule has 140 valence electrons. The van der Waals surface area contributed by atoms with Gasteiger partial charge in [-0.2, -0.15) is 0 Å². The molecule has 2 aromatic rings. The van der Waals surface area contributed by atoms with E-state index in [1.54, 1.807) is 0 Å². The average Bonchev–Trinajstić information content (AvgIpc) is 2.63. The summed E-state index contributed by atoms with van der Waals surface area (Å²) in [6, 6.07) is 4.63. The molecule has 1 aliphatic rings. The number of likely N-dealkylation sites (N-methyl/N-ethyl adjacent to an activating group) is 1. The number of aromatic amines is 1. The first kappa shape index (κ1) is 18.5. The van der Waals surface area contributed by atoms with Crippen LogP contribution in [-0.4, -0.2) is 66.5 Å². The fraction of sp³-hybridized carbons (Fsp3) is 0.474. The molecule has 0 bridgehead atoms. The summed E-state index contributed by atoms with van der Waals surface area (Å²) >= 11 is 0. The molecule has 0 radical (unpaired) electrons. The lowest BCUT2D eigenvalue weighted by Gasteiger charge is -2.36. The minimum absolute atomic E-state index is 0.00958. The Hall–Kier alpha value is -2.25. The second-order valence-electron chi connectivity index (χ2n) is 6.93. The molecule has 1 aromatic heterocycles. The molecule has 2 N–H and O–H groups in total. The molecule has 1 atom stereocenters. The number of H-pyrrole nitrogens is 1. The number of hydrogen-bond donors (Lipinski definition) is 2. The lowest BCUT2D eigenvalue weighted by atomic mass is 10.1. The van der Waals surface area contributed by atoms with E-state index in [-0.39, 0.29) is 16.5 Å². The van der Waals surface area contributed by atoms with Crippen molar-refractivity contribution < 1.29 is 9.18 Å². The first-order valence-electron chi connectivity index (χ1n) is 8.98. The highest BCUT2D eigenvalue weighted by Gasteiger charge is 2.19. The Labute approximate surface area is 152 Å². The normalized spacial score (nSPS) is 17.3. The number of fused-ring (bicyclic) bond motifs is 1. The standard InChI is InChI=1S/C19H25FN4O2/c1-13(24-10-8-23(2)9-11-24)6-7-21-19(26)15-12-22-17-14(18(15)25)4-3-5-16(17)20/h3-5,12-13H,6-11H2,1-2H3,(H,21,26)(H,22,25)/t13-/m1/s1. The molecule has 0 unspecified atom stereocenters. The monoisotopic (exact) mass is 360 g/mol. The molecule has 3 rings (SSSR count). The molecule has 26 heavy (non-hydrogen) atoms. The van der Waals surface area contributed by atoms with Crippen molar-refractivity contribution in [1.82, 2.24) is 20.1 Å². The average molecular weight is 360 g/mol. The van der Waals surface area contributed by atoms with Crippen LogP contribution in [0.5, 0.6) is 0 Å². The number of hydrogen-bond acceptors (Lipinski definition) is 4. The number of pyridine rings is 1. The first-order chi connectivity index (χ1) is 12.5. The van der Waals surface area contributed by atoms with Gasteiger partial charge in [0, 0.05) is 50.3 Å². The van der Waals surface area contributed by atoms with Crippen LogP contribution in [0.25, 0.3) is 10.9 Å². The zero-order valence-corrected chi connectivity index (χ0v) is 15.2. The van der Waals surface area contributed by atoms with Crippen LogP contribution in [0.4, 0.5) is 4.39 Å². The van der Waals surface area contributed by atoms with E-state index in [0.29, 0.717) is 12.6 Å². The largest absolute Gasteiger partial charge is 0.358 e. The van der Waals surface area contributed by atoms with Crippen LogP contribution in [0.3, 0.4) is 0 Å². The predicted molar refractivity (Wildman–Crippen MR) is 100 cm³/mol. The minimum atomic E-state index is -0.507. The smallest absolute Gasteiger partial charge is 0.256 e. The summed E-state index contributed by atoms with van der Waals surface area (Å²) in [6.45, 7) is 6.82. The summed E-state index contributed by atoms with van der Waals surface area (Å²) in [5.41, 5.74) is -0.323. The van der Waals surface area contributed by atoms with Gasteiger partial charge in [-0.05, 0) is 32.5 Å². The van der Waals surface area contributed by atoms with E-state index in [4.69, 9.17) is 0 Å². The zero-order chi connectivity index (χ0) is 18.7. The zero-order valence-electron chi connectivity index (χ0n) is 15.2. The molecular formula is C19H25FN4O2. The quantitative estimate of drug-likeness (QED) is 0.846. The van der Waals surface area contributed by atoms with Crippen molar-refractivity contribution >= 4 is 16.8 Å². The van der Waals surface area contributed by atoms with Crippen LogP contribution in [-0.2, 0) is 0 Å². The fourth-order valence-electron chi connectivity index (χ4n) is 3.32. The van der Waals surface area contributed by atoms with Gasteiger partial charge in [-0.3, -0.25) is 14.5 Å². The summed E-state index contributed by atoms with van der Waals surface area (Å²) in [4.78, 5) is 32.2. The van der Waals surface area contributed by atoms with Gasteiger partial charge in [0.05, 0.1) is 5.52 Å². The van der Waals surface area contributed by atoms with Gasteiger partial charge < -0.3 is 15.2 Å². The number of rotatable bonds is 5. The molecule has 0 saturated carbocycles. The number of amides is 1. The van der Waals surface area contributed by atoms with Gasteiger partial charge in [-0.15, -0.1) is 0 Å². The van der Waals surface area contributed by atoms with Crippen LogP contribution >= 0.6 is 0 Å². The maximum Gasteiger partial charge on any atom is 0.256 e. The maximum absolute atomic E-state index is 13.7. The number of nitrogens with zero attached hydrogens (tertiary/aromatic N) is 2. The van der Waals surface area contributed by atoms with Crippen molar-refractivity contribution in [3.8, 4) is 0 Å². The number of para-hydroxylation sites is 1. The van der Waals surface area contributed by atoms with Gasteiger partial charge >= 0.3 is 0 Å². The fourth-order valence-corrected chi connectivity index (χ4v) is 3.32. The summed E-state index contributed by atoms with van der Waals surface area (Å²) in [6.07, 6.45) is 2.10. The van der Waals surface area contributed by atoms with Crippen molar-refractivity contribution in [3.63, 3.8) is 0 Å². The van der Waals surface area contributed by atoms with Crippen molar-refractivity contribution in [2.45, 2.75) is 19.4 Å². The summed E-state index contributed by atoms with van der Waals surface area (Å²) in [5.74, 6) is -0.935. The van der Waals surface area contributed by atoms with E-state index in [0.717, 1.165) is 32.6 Å². The second kappa shape index (κ2) is 7.97. The first-order valence-corrected chi connectivity index (χ1v) is 8.98. The van der Waals surface area contributed by atoms with Crippen molar-refractivity contribution in [2.75, 3.05) is 39.8 Å². The predicted octanol–water partition coefficient (Wildman–Crippen LogP) is 1.42. The van der Waals surface area contributed by atoms with Gasteiger partial charge in [0.15, 0.2) is 0 Å². The Balaban J connectivity index is 1.59. The van der Waals surface area contributed by atoms with Crippen molar-refractivity contribution in [2.24, 2.45) is 0 Å². The van der Waals surface area contributed by atoms with Gasteiger partial charge in [-0.25, -0.2) is 4.39 Å². The number of benzene rings is 1. The molecule has 0 aliphatic carbocycles. The Morgan fingerprint density at radius 1 is 1.31 bits per heavy atom. The van der Waals surface area contributed by atoms with Gasteiger partial charge in [0.1, 0.15) is 11.4 Å². The number of carbonyl (C=O) groups excluding carboxylic acids is 1. The lowest BCUT2D eigenvalue weighted by Crippen LogP contribution is -2.48. The van der Waals surface area contributed by atoms with Crippen LogP contribution in [0.1, 0.15) is 23.7 Å². The number of halogens is 1. The van der Waals surface area contributed by atoms with Gasteiger partial charge in [-0.1, -0.05) is 6.07 Å². The second-order valence-corrected chi connectivity index (χ2v) is 6.93. The van der Waals surface area contributed by atoms with E-state index in [1.807, 2.05) is 0 Å².